The summed E-state index contributed by atoms with van der Waals surface area (Å²) in [4.78, 5) is 22.3. The van der Waals surface area contributed by atoms with Crippen LogP contribution in [0, 0.1) is 11.6 Å². The van der Waals surface area contributed by atoms with Crippen molar-refractivity contribution in [2.45, 2.75) is 46.1 Å². The number of amides is 1. The quantitative estimate of drug-likeness (QED) is 0.558. The zero-order chi connectivity index (χ0) is 21.6. The number of nitrogen functional groups attached to an aromatic ring is 1. The molecule has 0 spiro atoms. The number of carbonyl (C=O) groups is 1. The summed E-state index contributed by atoms with van der Waals surface area (Å²) in [7, 11) is 0. The number of pyridine rings is 1. The lowest BCUT2D eigenvalue weighted by Gasteiger charge is -2.28. The summed E-state index contributed by atoms with van der Waals surface area (Å²) in [5, 5.41) is 0. The van der Waals surface area contributed by atoms with Crippen molar-refractivity contribution in [1.82, 2.24) is 14.9 Å². The lowest BCUT2D eigenvalue weighted by atomic mass is 10.1. The molecule has 1 aliphatic rings. The van der Waals surface area contributed by atoms with Crippen LogP contribution in [0.25, 0.3) is 11.0 Å². The molecule has 0 radical (unpaired) electrons. The van der Waals surface area contributed by atoms with E-state index in [1.54, 1.807) is 6.07 Å². The van der Waals surface area contributed by atoms with E-state index in [4.69, 9.17) is 10.5 Å². The van der Waals surface area contributed by atoms with Gasteiger partial charge in [-0.3, -0.25) is 4.79 Å². The number of aromatic nitrogens is 2. The first kappa shape index (κ1) is 20.7. The van der Waals surface area contributed by atoms with Crippen LogP contribution in [0.4, 0.5) is 14.6 Å². The number of nitrogens with two attached hydrogens (primary N) is 1. The van der Waals surface area contributed by atoms with Crippen LogP contribution < -0.4 is 5.73 Å². The number of nitrogens with one attached hydrogen (secondary N) is 1. The molecule has 1 amide bonds. The van der Waals surface area contributed by atoms with Crippen molar-refractivity contribution in [1.29, 1.82) is 0 Å². The highest BCUT2D eigenvalue weighted by Crippen LogP contribution is 2.31. The molecule has 3 N–H and O–H groups in total. The van der Waals surface area contributed by atoms with Crippen LogP contribution in [-0.2, 0) is 24.5 Å². The number of aromatic amines is 1. The molecule has 3 heterocycles. The summed E-state index contributed by atoms with van der Waals surface area (Å²) in [6.07, 6.45) is 0.625. The fourth-order valence-corrected chi connectivity index (χ4v) is 4.05. The average molecular weight is 479 g/mol. The minimum atomic E-state index is -0.705. The summed E-state index contributed by atoms with van der Waals surface area (Å²) >= 11 is 3.08. The summed E-state index contributed by atoms with van der Waals surface area (Å²) < 4.78 is 34.6. The number of rotatable bonds is 5. The number of hydrogen-bond acceptors (Lipinski definition) is 4. The highest BCUT2D eigenvalue weighted by molar-refractivity contribution is 9.10. The van der Waals surface area contributed by atoms with Crippen LogP contribution in [0.1, 0.15) is 47.4 Å². The van der Waals surface area contributed by atoms with Crippen molar-refractivity contribution >= 4 is 38.7 Å². The molecule has 1 aliphatic heterocycles. The van der Waals surface area contributed by atoms with Gasteiger partial charge >= 0.3 is 0 Å². The van der Waals surface area contributed by atoms with Gasteiger partial charge in [0.1, 0.15) is 23.1 Å². The third-order valence-corrected chi connectivity index (χ3v) is 6.01. The smallest absolute Gasteiger partial charge is 0.270 e. The molecular weight excluding hydrogens is 458 g/mol. The molecule has 0 saturated heterocycles. The van der Waals surface area contributed by atoms with Gasteiger partial charge in [-0.25, -0.2) is 13.8 Å². The fraction of sp³-hybridized carbons (Fsp3) is 0.333. The molecule has 3 aromatic rings. The Hall–Kier alpha value is -2.52. The normalized spacial score (nSPS) is 14.2. The second-order valence-corrected chi connectivity index (χ2v) is 8.34. The fourth-order valence-electron chi connectivity index (χ4n) is 3.65. The van der Waals surface area contributed by atoms with Crippen molar-refractivity contribution < 1.29 is 18.3 Å². The van der Waals surface area contributed by atoms with Gasteiger partial charge in [-0.15, -0.1) is 0 Å². The SMILES string of the molecule is CC[C@@H](C)N(Cc1c(F)cc(Br)cc1F)C(=O)c1cc2nc(N)c3c(c2[nH]1)COC3. The molecule has 30 heavy (non-hydrogen) atoms. The molecular formula is C21H21BrF2N4O2. The number of fused-ring (bicyclic) bond motifs is 3. The molecule has 0 unspecified atom stereocenters. The highest BCUT2D eigenvalue weighted by atomic mass is 79.9. The van der Waals surface area contributed by atoms with E-state index >= 15 is 0 Å². The Morgan fingerprint density at radius 1 is 1.30 bits per heavy atom. The molecule has 0 fully saturated rings. The first-order chi connectivity index (χ1) is 14.3. The van der Waals surface area contributed by atoms with Crippen molar-refractivity contribution in [2.24, 2.45) is 0 Å². The minimum absolute atomic E-state index is 0.153. The topological polar surface area (TPSA) is 84.2 Å². The lowest BCUT2D eigenvalue weighted by molar-refractivity contribution is 0.0662. The zero-order valence-corrected chi connectivity index (χ0v) is 18.1. The van der Waals surface area contributed by atoms with E-state index in [1.165, 1.54) is 17.0 Å². The Morgan fingerprint density at radius 2 is 1.97 bits per heavy atom. The second kappa shape index (κ2) is 7.96. The van der Waals surface area contributed by atoms with Crippen LogP contribution >= 0.6 is 15.9 Å². The Bertz CT molecular complexity index is 1120. The van der Waals surface area contributed by atoms with Crippen LogP contribution in [0.5, 0.6) is 0 Å². The largest absolute Gasteiger partial charge is 0.383 e. The Kier molecular flexibility index (Phi) is 5.50. The third kappa shape index (κ3) is 3.56. The molecule has 6 nitrogen and oxygen atoms in total. The van der Waals surface area contributed by atoms with Gasteiger partial charge in [-0.1, -0.05) is 22.9 Å². The number of nitrogens with zero attached hydrogens (tertiary/aromatic N) is 2. The standard InChI is InChI=1S/C21H21BrF2N4O2/c1-3-10(2)28(7-12-15(23)4-11(22)5-16(12)24)21(29)18-6-17-19(26-18)13-8-30-9-14(13)20(25)27-17/h4-6,10,26H,3,7-9H2,1-2H3,(H2,25,27)/t10-/m1/s1. The van der Waals surface area contributed by atoms with E-state index in [9.17, 15) is 13.6 Å². The number of halogens is 3. The maximum Gasteiger partial charge on any atom is 0.270 e. The summed E-state index contributed by atoms with van der Waals surface area (Å²) in [6.45, 7) is 4.34. The van der Waals surface area contributed by atoms with E-state index in [0.717, 1.165) is 11.1 Å². The molecule has 158 valence electrons. The average Bonchev–Trinajstić information content (AvgIpc) is 3.33. The van der Waals surface area contributed by atoms with Gasteiger partial charge in [0.15, 0.2) is 0 Å². The highest BCUT2D eigenvalue weighted by Gasteiger charge is 2.27. The van der Waals surface area contributed by atoms with Crippen molar-refractivity contribution in [3.05, 3.63) is 56.7 Å². The number of ether oxygens (including phenoxy) is 1. The summed E-state index contributed by atoms with van der Waals surface area (Å²) in [6, 6.07) is 3.77. The molecule has 0 bridgehead atoms. The molecule has 4 rings (SSSR count). The summed E-state index contributed by atoms with van der Waals surface area (Å²) in [5.41, 5.74) is 9.11. The molecule has 1 aromatic carbocycles. The van der Waals surface area contributed by atoms with Crippen LogP contribution in [0.3, 0.4) is 0 Å². The van der Waals surface area contributed by atoms with E-state index in [0.29, 0.717) is 41.0 Å². The number of anilines is 1. The first-order valence-electron chi connectivity index (χ1n) is 9.62. The Balaban J connectivity index is 1.73. The molecule has 1 atom stereocenters. The van der Waals surface area contributed by atoms with Crippen molar-refractivity contribution in [3.8, 4) is 0 Å². The molecule has 2 aromatic heterocycles. The molecule has 0 saturated carbocycles. The maximum absolute atomic E-state index is 14.4. The number of benzene rings is 1. The monoisotopic (exact) mass is 478 g/mol. The van der Waals surface area contributed by atoms with Crippen LogP contribution in [-0.4, -0.2) is 26.8 Å². The number of H-pyrrole nitrogens is 1. The maximum atomic E-state index is 14.4. The van der Waals surface area contributed by atoms with Crippen molar-refractivity contribution in [2.75, 3.05) is 5.73 Å². The van der Waals surface area contributed by atoms with Gasteiger partial charge in [0, 0.05) is 27.2 Å². The second-order valence-electron chi connectivity index (χ2n) is 7.43. The minimum Gasteiger partial charge on any atom is -0.383 e. The first-order valence-corrected chi connectivity index (χ1v) is 10.4. The van der Waals surface area contributed by atoms with Crippen LogP contribution in [0.2, 0.25) is 0 Å². The Morgan fingerprint density at radius 3 is 2.63 bits per heavy atom. The van der Waals surface area contributed by atoms with Crippen molar-refractivity contribution in [3.63, 3.8) is 0 Å². The Labute approximate surface area is 180 Å². The van der Waals surface area contributed by atoms with Gasteiger partial charge in [0.2, 0.25) is 0 Å². The van der Waals surface area contributed by atoms with Gasteiger partial charge in [0.25, 0.3) is 5.91 Å². The predicted molar refractivity (Wildman–Crippen MR) is 113 cm³/mol. The third-order valence-electron chi connectivity index (χ3n) is 5.55. The number of carbonyl (C=O) groups excluding carboxylic acids is 1. The van der Waals surface area contributed by atoms with Gasteiger partial charge in [0.05, 0.1) is 30.8 Å². The lowest BCUT2D eigenvalue weighted by Crippen LogP contribution is -2.38. The van der Waals surface area contributed by atoms with Gasteiger partial charge in [-0.05, 0) is 31.5 Å². The van der Waals surface area contributed by atoms with Gasteiger partial charge in [-0.2, -0.15) is 0 Å². The zero-order valence-electron chi connectivity index (χ0n) is 16.6. The van der Waals surface area contributed by atoms with Crippen LogP contribution in [0.15, 0.2) is 22.7 Å². The number of hydrogen-bond donors (Lipinski definition) is 2. The van der Waals surface area contributed by atoms with E-state index in [-0.39, 0.29) is 29.8 Å². The van der Waals surface area contributed by atoms with E-state index in [2.05, 4.69) is 25.9 Å². The van der Waals surface area contributed by atoms with Gasteiger partial charge < -0.3 is 20.4 Å². The molecule has 0 aliphatic carbocycles. The van der Waals surface area contributed by atoms with E-state index in [1.807, 2.05) is 13.8 Å². The van der Waals surface area contributed by atoms with E-state index < -0.39 is 11.6 Å². The summed E-state index contributed by atoms with van der Waals surface area (Å²) in [5.74, 6) is -1.39. The predicted octanol–water partition coefficient (Wildman–Crippen LogP) is 4.66. The molecule has 9 heteroatoms.